The molecule has 2 fully saturated rings. The van der Waals surface area contributed by atoms with Crippen molar-refractivity contribution >= 4 is 16.7 Å². The molecule has 4 atom stereocenters. The number of piperidine rings is 1. The van der Waals surface area contributed by atoms with E-state index in [4.69, 9.17) is 0 Å². The third-order valence-electron chi connectivity index (χ3n) is 5.99. The molecule has 2 aromatic heterocycles. The largest absolute Gasteiger partial charge is 0.506 e. The van der Waals surface area contributed by atoms with Gasteiger partial charge in [0.25, 0.3) is 0 Å². The Labute approximate surface area is 161 Å². The molecule has 28 heavy (non-hydrogen) atoms. The number of rotatable bonds is 3. The lowest BCUT2D eigenvalue weighted by atomic mass is 9.96. The van der Waals surface area contributed by atoms with Crippen molar-refractivity contribution < 1.29 is 9.50 Å². The highest BCUT2D eigenvalue weighted by Gasteiger charge is 2.43. The number of benzene rings is 1. The van der Waals surface area contributed by atoms with Gasteiger partial charge in [-0.1, -0.05) is 0 Å². The average molecular weight is 380 g/mol. The molecule has 1 aromatic carbocycles. The highest BCUT2D eigenvalue weighted by atomic mass is 19.1. The van der Waals surface area contributed by atoms with E-state index in [1.54, 1.807) is 24.7 Å². The molecule has 2 bridgehead atoms. The number of nitrogens with zero attached hydrogens (tertiary/aromatic N) is 5. The van der Waals surface area contributed by atoms with E-state index < -0.39 is 6.17 Å². The lowest BCUT2D eigenvalue weighted by Crippen LogP contribution is -2.55. The van der Waals surface area contributed by atoms with Crippen LogP contribution in [-0.2, 0) is 0 Å². The smallest absolute Gasteiger partial charge is 0.147 e. The first-order valence-corrected chi connectivity index (χ1v) is 9.49. The van der Waals surface area contributed by atoms with Crippen LogP contribution >= 0.6 is 0 Å². The van der Waals surface area contributed by atoms with Crippen LogP contribution in [0.3, 0.4) is 0 Å². The van der Waals surface area contributed by atoms with E-state index in [0.717, 1.165) is 19.3 Å². The van der Waals surface area contributed by atoms with E-state index in [-0.39, 0.29) is 17.8 Å². The van der Waals surface area contributed by atoms with Gasteiger partial charge in [-0.3, -0.25) is 4.98 Å². The molecule has 2 aliphatic heterocycles. The summed E-state index contributed by atoms with van der Waals surface area (Å²) in [6.07, 6.45) is 8.03. The van der Waals surface area contributed by atoms with Crippen LogP contribution in [0.25, 0.3) is 22.2 Å². The third kappa shape index (κ3) is 2.75. The first-order chi connectivity index (χ1) is 13.6. The topological polar surface area (TPSA) is 87.1 Å². The quantitative estimate of drug-likeness (QED) is 0.722. The lowest BCUT2D eigenvalue weighted by Gasteiger charge is -2.38. The van der Waals surface area contributed by atoms with Gasteiger partial charge >= 0.3 is 0 Å². The molecule has 0 radical (unpaired) electrons. The summed E-state index contributed by atoms with van der Waals surface area (Å²) in [5.41, 5.74) is 1.77. The summed E-state index contributed by atoms with van der Waals surface area (Å²) in [5.74, 6) is 0.702. The van der Waals surface area contributed by atoms with Crippen molar-refractivity contribution in [3.8, 4) is 17.0 Å². The predicted octanol–water partition coefficient (Wildman–Crippen LogP) is 2.46. The second kappa shape index (κ2) is 6.63. The summed E-state index contributed by atoms with van der Waals surface area (Å²) < 4.78 is 14.8. The Balaban J connectivity index is 1.42. The molecule has 2 saturated heterocycles. The summed E-state index contributed by atoms with van der Waals surface area (Å²) in [4.78, 5) is 19.0. The minimum atomic E-state index is -0.922. The monoisotopic (exact) mass is 380 g/mol. The van der Waals surface area contributed by atoms with E-state index in [9.17, 15) is 9.50 Å². The van der Waals surface area contributed by atoms with Crippen molar-refractivity contribution in [1.29, 1.82) is 0 Å². The maximum absolute atomic E-state index is 14.8. The Bertz CT molecular complexity index is 1010. The van der Waals surface area contributed by atoms with Crippen molar-refractivity contribution in [2.45, 2.75) is 43.6 Å². The number of halogens is 1. The maximum Gasteiger partial charge on any atom is 0.147 e. The van der Waals surface area contributed by atoms with E-state index >= 15 is 0 Å². The first-order valence-electron chi connectivity index (χ1n) is 9.49. The number of hydrogen-bond donors (Lipinski definition) is 2. The van der Waals surface area contributed by atoms with Gasteiger partial charge in [-0.05, 0) is 31.4 Å². The SMILES string of the molecule is CN(c1cnc(-c2ccc3ncncc3c2O)cn1)[C@H]1CC2CCC(N2)[C@H]1F. The van der Waals surface area contributed by atoms with Gasteiger partial charge < -0.3 is 15.3 Å². The standard InChI is InChI=1S/C20H21FN6O/c1-27(17-6-11-2-4-15(26-11)19(17)21)18-9-23-16(8-24-18)12-3-5-14-13(20(12)28)7-22-10-25-14/h3,5,7-11,15,17,19,26,28H,2,4,6H2,1H3/t11?,15?,17-,19+/m0/s1. The van der Waals surface area contributed by atoms with E-state index in [2.05, 4.69) is 25.3 Å². The summed E-state index contributed by atoms with van der Waals surface area (Å²) in [6, 6.07) is 3.70. The van der Waals surface area contributed by atoms with Gasteiger partial charge in [0.2, 0.25) is 0 Å². The van der Waals surface area contributed by atoms with Crippen LogP contribution in [0.1, 0.15) is 19.3 Å². The third-order valence-corrected chi connectivity index (χ3v) is 5.99. The van der Waals surface area contributed by atoms with Gasteiger partial charge in [-0.15, -0.1) is 0 Å². The molecule has 3 aromatic rings. The zero-order chi connectivity index (χ0) is 19.3. The fraction of sp³-hybridized carbons (Fsp3) is 0.400. The molecule has 4 heterocycles. The average Bonchev–Trinajstić information content (AvgIpc) is 3.14. The molecule has 0 saturated carbocycles. The van der Waals surface area contributed by atoms with Crippen molar-refractivity contribution in [2.24, 2.45) is 0 Å². The lowest BCUT2D eigenvalue weighted by molar-refractivity contribution is 0.176. The van der Waals surface area contributed by atoms with Gasteiger partial charge in [0.1, 0.15) is 24.1 Å². The summed E-state index contributed by atoms with van der Waals surface area (Å²) >= 11 is 0. The maximum atomic E-state index is 14.8. The van der Waals surface area contributed by atoms with Crippen molar-refractivity contribution in [2.75, 3.05) is 11.9 Å². The van der Waals surface area contributed by atoms with Crippen LogP contribution in [0.15, 0.2) is 37.1 Å². The Morgan fingerprint density at radius 2 is 2.04 bits per heavy atom. The van der Waals surface area contributed by atoms with E-state index in [1.165, 1.54) is 6.33 Å². The summed E-state index contributed by atoms with van der Waals surface area (Å²) in [6.45, 7) is 0. The van der Waals surface area contributed by atoms with Gasteiger partial charge in [0.15, 0.2) is 0 Å². The minimum Gasteiger partial charge on any atom is -0.506 e. The fourth-order valence-corrected chi connectivity index (χ4v) is 4.41. The van der Waals surface area contributed by atoms with Crippen LogP contribution < -0.4 is 10.2 Å². The molecule has 144 valence electrons. The van der Waals surface area contributed by atoms with Crippen molar-refractivity contribution in [3.05, 3.63) is 37.1 Å². The normalized spacial score (nSPS) is 26.5. The second-order valence-corrected chi connectivity index (χ2v) is 7.58. The van der Waals surface area contributed by atoms with Crippen LogP contribution in [-0.4, -0.2) is 56.4 Å². The number of nitrogens with one attached hydrogen (secondary N) is 1. The summed E-state index contributed by atoms with van der Waals surface area (Å²) in [7, 11) is 1.87. The number of anilines is 1. The molecule has 2 aliphatic rings. The number of fused-ring (bicyclic) bond motifs is 3. The molecule has 8 heteroatoms. The molecular formula is C20H21FN6O. The molecular weight excluding hydrogens is 359 g/mol. The Morgan fingerprint density at radius 3 is 2.86 bits per heavy atom. The zero-order valence-electron chi connectivity index (χ0n) is 15.5. The molecule has 0 aliphatic carbocycles. The summed E-state index contributed by atoms with van der Waals surface area (Å²) in [5, 5.41) is 14.5. The number of aromatic hydroxyl groups is 1. The number of phenols is 1. The predicted molar refractivity (Wildman–Crippen MR) is 104 cm³/mol. The highest BCUT2D eigenvalue weighted by Crippen LogP contribution is 2.35. The second-order valence-electron chi connectivity index (χ2n) is 7.58. The number of aromatic nitrogens is 4. The van der Waals surface area contributed by atoms with Crippen molar-refractivity contribution in [1.82, 2.24) is 25.3 Å². The fourth-order valence-electron chi connectivity index (χ4n) is 4.41. The van der Waals surface area contributed by atoms with E-state index in [0.29, 0.717) is 34.0 Å². The molecule has 5 rings (SSSR count). The highest BCUT2D eigenvalue weighted by molar-refractivity contribution is 5.91. The Morgan fingerprint density at radius 1 is 1.14 bits per heavy atom. The first kappa shape index (κ1) is 17.2. The van der Waals surface area contributed by atoms with E-state index in [1.807, 2.05) is 18.0 Å². The zero-order valence-corrected chi connectivity index (χ0v) is 15.5. The molecule has 7 nitrogen and oxygen atoms in total. The van der Waals surface area contributed by atoms with Gasteiger partial charge in [0.05, 0.1) is 35.0 Å². The van der Waals surface area contributed by atoms with Gasteiger partial charge in [-0.25, -0.2) is 19.3 Å². The minimum absolute atomic E-state index is 0.0600. The van der Waals surface area contributed by atoms with Crippen LogP contribution in [0.2, 0.25) is 0 Å². The molecule has 2 N–H and O–H groups in total. The molecule has 0 amide bonds. The Kier molecular flexibility index (Phi) is 4.08. The molecule has 2 unspecified atom stereocenters. The van der Waals surface area contributed by atoms with Gasteiger partial charge in [-0.2, -0.15) is 0 Å². The van der Waals surface area contributed by atoms with Gasteiger partial charge in [0, 0.05) is 30.9 Å². The number of phenolic OH excluding ortho intramolecular Hbond substituents is 1. The van der Waals surface area contributed by atoms with Crippen LogP contribution in [0.4, 0.5) is 10.2 Å². The van der Waals surface area contributed by atoms with Crippen LogP contribution in [0, 0.1) is 0 Å². The van der Waals surface area contributed by atoms with Crippen LogP contribution in [0.5, 0.6) is 5.75 Å². The number of alkyl halides is 1. The van der Waals surface area contributed by atoms with Crippen molar-refractivity contribution in [3.63, 3.8) is 0 Å². The Hall–Kier alpha value is -2.87. The number of hydrogen-bond acceptors (Lipinski definition) is 7. The molecule has 0 spiro atoms.